The molecular weight excluding hydrogens is 306 g/mol. The number of aromatic nitrogens is 2. The lowest BCUT2D eigenvalue weighted by Gasteiger charge is -2.24. The van der Waals surface area contributed by atoms with E-state index in [4.69, 9.17) is 0 Å². The maximum absolute atomic E-state index is 9.46. The molecule has 2 heterocycles. The normalized spacial score (nSPS) is 10.5. The van der Waals surface area contributed by atoms with Gasteiger partial charge in [0.1, 0.15) is 5.82 Å². The average Bonchev–Trinajstić information content (AvgIpc) is 2.46. The van der Waals surface area contributed by atoms with Crippen LogP contribution < -0.4 is 4.90 Å². The van der Waals surface area contributed by atoms with E-state index in [-0.39, 0.29) is 6.61 Å². The second-order valence-corrected chi connectivity index (χ2v) is 5.08. The van der Waals surface area contributed by atoms with Gasteiger partial charge in [0.25, 0.3) is 0 Å². The second kappa shape index (κ2) is 6.63. The van der Waals surface area contributed by atoms with Crippen LogP contribution in [0.25, 0.3) is 0 Å². The van der Waals surface area contributed by atoms with Crippen LogP contribution in [0.2, 0.25) is 0 Å². The zero-order valence-electron chi connectivity index (χ0n) is 10.8. The molecule has 0 unspecified atom stereocenters. The van der Waals surface area contributed by atoms with Gasteiger partial charge >= 0.3 is 0 Å². The first-order chi connectivity index (χ1) is 9.24. The second-order valence-electron chi connectivity index (χ2n) is 4.16. The summed E-state index contributed by atoms with van der Waals surface area (Å²) in [7, 11) is 0. The van der Waals surface area contributed by atoms with E-state index in [9.17, 15) is 5.11 Å². The Balaban J connectivity index is 2.27. The van der Waals surface area contributed by atoms with Crippen molar-refractivity contribution in [2.45, 2.75) is 20.1 Å². The molecule has 0 fully saturated rings. The van der Waals surface area contributed by atoms with Crippen molar-refractivity contribution in [3.8, 4) is 0 Å². The molecule has 0 radical (unpaired) electrons. The van der Waals surface area contributed by atoms with Crippen molar-refractivity contribution in [1.82, 2.24) is 9.97 Å². The number of rotatable bonds is 5. The summed E-state index contributed by atoms with van der Waals surface area (Å²) in [4.78, 5) is 10.6. The Bertz CT molecular complexity index is 533. The maximum atomic E-state index is 9.46. The molecule has 4 nitrogen and oxygen atoms in total. The lowest BCUT2D eigenvalue weighted by Crippen LogP contribution is -2.24. The van der Waals surface area contributed by atoms with Crippen molar-refractivity contribution in [1.29, 1.82) is 0 Å². The van der Waals surface area contributed by atoms with Gasteiger partial charge in [-0.3, -0.25) is 4.98 Å². The Morgan fingerprint density at radius 2 is 2.05 bits per heavy atom. The predicted molar refractivity (Wildman–Crippen MR) is 78.8 cm³/mol. The Kier molecular flexibility index (Phi) is 4.87. The van der Waals surface area contributed by atoms with Gasteiger partial charge in [-0.1, -0.05) is 0 Å². The Labute approximate surface area is 121 Å². The van der Waals surface area contributed by atoms with Gasteiger partial charge in [-0.15, -0.1) is 0 Å². The molecule has 0 aliphatic carbocycles. The van der Waals surface area contributed by atoms with Crippen LogP contribution in [0.3, 0.4) is 0 Å². The highest BCUT2D eigenvalue weighted by molar-refractivity contribution is 9.10. The minimum atomic E-state index is -0.0192. The molecule has 0 spiro atoms. The lowest BCUT2D eigenvalue weighted by atomic mass is 10.2. The summed E-state index contributed by atoms with van der Waals surface area (Å²) in [6.45, 7) is 3.63. The molecule has 0 aromatic carbocycles. The molecule has 0 saturated carbocycles. The third kappa shape index (κ3) is 3.52. The first-order valence-electron chi connectivity index (χ1n) is 6.13. The number of nitrogens with zero attached hydrogens (tertiary/aromatic N) is 3. The molecule has 0 bridgehead atoms. The standard InChI is InChI=1S/C14H16BrN3O/c1-2-18(9-11-3-5-16-6-4-11)14-12(10-19)7-13(15)8-17-14/h3-8,19H,2,9-10H2,1H3. The molecule has 0 aliphatic heterocycles. The van der Waals surface area contributed by atoms with Crippen LogP contribution in [0.1, 0.15) is 18.1 Å². The molecule has 0 saturated heterocycles. The van der Waals surface area contributed by atoms with E-state index in [1.165, 1.54) is 5.56 Å². The third-order valence-electron chi connectivity index (χ3n) is 2.88. The topological polar surface area (TPSA) is 49.2 Å². The molecule has 1 N–H and O–H groups in total. The molecule has 2 aromatic heterocycles. The van der Waals surface area contributed by atoms with Crippen LogP contribution in [-0.4, -0.2) is 21.6 Å². The Hall–Kier alpha value is -1.46. The number of hydrogen-bond donors (Lipinski definition) is 1. The smallest absolute Gasteiger partial charge is 0.134 e. The van der Waals surface area contributed by atoms with E-state index >= 15 is 0 Å². The lowest BCUT2D eigenvalue weighted by molar-refractivity contribution is 0.281. The van der Waals surface area contributed by atoms with Gasteiger partial charge in [-0.05, 0) is 46.6 Å². The van der Waals surface area contributed by atoms with E-state index in [0.29, 0.717) is 0 Å². The molecular formula is C14H16BrN3O. The van der Waals surface area contributed by atoms with E-state index < -0.39 is 0 Å². The molecule has 19 heavy (non-hydrogen) atoms. The minimum Gasteiger partial charge on any atom is -0.392 e. The largest absolute Gasteiger partial charge is 0.392 e. The van der Waals surface area contributed by atoms with Crippen LogP contribution in [0.4, 0.5) is 5.82 Å². The zero-order chi connectivity index (χ0) is 13.7. The predicted octanol–water partition coefficient (Wildman–Crippen LogP) is 2.76. The van der Waals surface area contributed by atoms with E-state index in [1.807, 2.05) is 18.2 Å². The van der Waals surface area contributed by atoms with Gasteiger partial charge in [0.05, 0.1) is 6.61 Å². The maximum Gasteiger partial charge on any atom is 0.134 e. The summed E-state index contributed by atoms with van der Waals surface area (Å²) in [5, 5.41) is 9.46. The molecule has 0 aliphatic rings. The first-order valence-corrected chi connectivity index (χ1v) is 6.93. The van der Waals surface area contributed by atoms with E-state index in [1.54, 1.807) is 18.6 Å². The Morgan fingerprint density at radius 3 is 2.68 bits per heavy atom. The van der Waals surface area contributed by atoms with Gasteiger partial charge < -0.3 is 10.0 Å². The number of aliphatic hydroxyl groups is 1. The van der Waals surface area contributed by atoms with E-state index in [0.717, 1.165) is 28.9 Å². The van der Waals surface area contributed by atoms with Crippen molar-refractivity contribution in [3.05, 3.63) is 52.4 Å². The summed E-state index contributed by atoms with van der Waals surface area (Å²) in [5.74, 6) is 0.824. The minimum absolute atomic E-state index is 0.0192. The van der Waals surface area contributed by atoms with Gasteiger partial charge in [0, 0.05) is 41.7 Å². The highest BCUT2D eigenvalue weighted by Gasteiger charge is 2.12. The SMILES string of the molecule is CCN(Cc1ccncc1)c1ncc(Br)cc1CO. The van der Waals surface area contributed by atoms with Crippen molar-refractivity contribution in [2.75, 3.05) is 11.4 Å². The quantitative estimate of drug-likeness (QED) is 0.920. The van der Waals surface area contributed by atoms with Crippen LogP contribution >= 0.6 is 15.9 Å². The Morgan fingerprint density at radius 1 is 1.32 bits per heavy atom. The highest BCUT2D eigenvalue weighted by Crippen LogP contribution is 2.23. The molecule has 0 amide bonds. The van der Waals surface area contributed by atoms with Crippen molar-refractivity contribution >= 4 is 21.7 Å². The molecule has 100 valence electrons. The van der Waals surface area contributed by atoms with Gasteiger partial charge in [-0.2, -0.15) is 0 Å². The number of anilines is 1. The fourth-order valence-electron chi connectivity index (χ4n) is 1.92. The third-order valence-corrected chi connectivity index (χ3v) is 3.32. The summed E-state index contributed by atoms with van der Waals surface area (Å²) in [6, 6.07) is 5.87. The molecule has 2 rings (SSSR count). The first kappa shape index (κ1) is 14.0. The number of pyridine rings is 2. The monoisotopic (exact) mass is 321 g/mol. The summed E-state index contributed by atoms with van der Waals surface area (Å²) >= 11 is 3.37. The molecule has 5 heteroatoms. The number of aliphatic hydroxyl groups excluding tert-OH is 1. The van der Waals surface area contributed by atoms with Crippen LogP contribution in [-0.2, 0) is 13.2 Å². The van der Waals surface area contributed by atoms with Crippen molar-refractivity contribution in [3.63, 3.8) is 0 Å². The number of halogens is 1. The van der Waals surface area contributed by atoms with E-state index in [2.05, 4.69) is 37.7 Å². The van der Waals surface area contributed by atoms with Gasteiger partial charge in [0.2, 0.25) is 0 Å². The summed E-state index contributed by atoms with van der Waals surface area (Å²) < 4.78 is 0.875. The summed E-state index contributed by atoms with van der Waals surface area (Å²) in [5.41, 5.74) is 2.00. The molecule has 0 atom stereocenters. The summed E-state index contributed by atoms with van der Waals surface area (Å²) in [6.07, 6.45) is 5.32. The van der Waals surface area contributed by atoms with Gasteiger partial charge in [-0.25, -0.2) is 4.98 Å². The molecule has 2 aromatic rings. The highest BCUT2D eigenvalue weighted by atomic mass is 79.9. The van der Waals surface area contributed by atoms with Crippen LogP contribution in [0, 0.1) is 0 Å². The average molecular weight is 322 g/mol. The van der Waals surface area contributed by atoms with Crippen LogP contribution in [0.5, 0.6) is 0 Å². The van der Waals surface area contributed by atoms with Gasteiger partial charge in [0.15, 0.2) is 0 Å². The van der Waals surface area contributed by atoms with Crippen LogP contribution in [0.15, 0.2) is 41.3 Å². The van der Waals surface area contributed by atoms with Crippen molar-refractivity contribution in [2.24, 2.45) is 0 Å². The zero-order valence-corrected chi connectivity index (χ0v) is 12.3. The van der Waals surface area contributed by atoms with Crippen molar-refractivity contribution < 1.29 is 5.11 Å². The number of hydrogen-bond acceptors (Lipinski definition) is 4. The fourth-order valence-corrected chi connectivity index (χ4v) is 2.30. The fraction of sp³-hybridized carbons (Fsp3) is 0.286.